The topological polar surface area (TPSA) is 67.8 Å². The number of hydrogen-bond donors (Lipinski definition) is 0. The summed E-state index contributed by atoms with van der Waals surface area (Å²) in [4.78, 5) is 17.1. The number of aromatic nitrogens is 2. The molecule has 3 aliphatic rings. The summed E-state index contributed by atoms with van der Waals surface area (Å²) >= 11 is 0. The van der Waals surface area contributed by atoms with Gasteiger partial charge in [0, 0.05) is 13.1 Å². The Bertz CT molecular complexity index is 593. The van der Waals surface area contributed by atoms with Gasteiger partial charge in [0.15, 0.2) is 0 Å². The van der Waals surface area contributed by atoms with Crippen molar-refractivity contribution in [3.8, 4) is 0 Å². The van der Waals surface area contributed by atoms with E-state index >= 15 is 0 Å². The van der Waals surface area contributed by atoms with Crippen LogP contribution in [0.4, 0.5) is 0 Å². The number of nitrogens with zero attached hydrogens (tertiary/aromatic N) is 4. The van der Waals surface area contributed by atoms with Gasteiger partial charge in [-0.15, -0.1) is 0 Å². The third kappa shape index (κ3) is 3.83. The lowest BCUT2D eigenvalue weighted by Crippen LogP contribution is -2.47. The van der Waals surface area contributed by atoms with Crippen LogP contribution in [0.1, 0.15) is 36.0 Å². The molecule has 0 radical (unpaired) electrons. The van der Waals surface area contributed by atoms with Crippen molar-refractivity contribution in [3.05, 3.63) is 24.0 Å². The molecule has 3 fully saturated rings. The van der Waals surface area contributed by atoms with E-state index in [4.69, 9.17) is 9.47 Å². The molecule has 2 unspecified atom stereocenters. The quantitative estimate of drug-likeness (QED) is 0.812. The fourth-order valence-corrected chi connectivity index (χ4v) is 4.18. The molecule has 0 aliphatic carbocycles. The Hall–Kier alpha value is -1.57. The summed E-state index contributed by atoms with van der Waals surface area (Å²) in [6.07, 6.45) is 7.90. The van der Waals surface area contributed by atoms with E-state index in [9.17, 15) is 4.79 Å². The van der Waals surface area contributed by atoms with E-state index in [1.807, 2.05) is 4.90 Å². The van der Waals surface area contributed by atoms with Crippen molar-refractivity contribution in [1.82, 2.24) is 20.0 Å². The molecule has 0 bridgehead atoms. The zero-order valence-electron chi connectivity index (χ0n) is 14.6. The SMILES string of the molecule is O=C(c1ccnnc1)N1CCOCC2(CCC(CN3CCCC3)O2)C1. The van der Waals surface area contributed by atoms with Gasteiger partial charge in [0.25, 0.3) is 5.91 Å². The number of hydrogen-bond acceptors (Lipinski definition) is 6. The molecule has 1 spiro atoms. The molecule has 4 rings (SSSR count). The van der Waals surface area contributed by atoms with E-state index in [0.717, 1.165) is 19.4 Å². The van der Waals surface area contributed by atoms with Crippen molar-refractivity contribution in [2.75, 3.05) is 45.9 Å². The molecule has 1 aromatic rings. The zero-order valence-corrected chi connectivity index (χ0v) is 14.6. The van der Waals surface area contributed by atoms with Gasteiger partial charge in [-0.3, -0.25) is 4.79 Å². The Morgan fingerprint density at radius 2 is 2.16 bits per heavy atom. The Kier molecular flexibility index (Phi) is 4.96. The van der Waals surface area contributed by atoms with E-state index in [1.165, 1.54) is 32.1 Å². The lowest BCUT2D eigenvalue weighted by Gasteiger charge is -2.32. The monoisotopic (exact) mass is 346 g/mol. The fourth-order valence-electron chi connectivity index (χ4n) is 4.18. The van der Waals surface area contributed by atoms with Crippen molar-refractivity contribution >= 4 is 5.91 Å². The predicted octanol–water partition coefficient (Wildman–Crippen LogP) is 0.963. The molecule has 1 aromatic heterocycles. The number of likely N-dealkylation sites (tertiary alicyclic amines) is 1. The first-order valence-electron chi connectivity index (χ1n) is 9.28. The van der Waals surface area contributed by atoms with Crippen LogP contribution in [-0.4, -0.2) is 83.5 Å². The van der Waals surface area contributed by atoms with E-state index in [1.54, 1.807) is 12.3 Å². The van der Waals surface area contributed by atoms with Crippen molar-refractivity contribution in [2.45, 2.75) is 37.4 Å². The van der Waals surface area contributed by atoms with Crippen molar-refractivity contribution in [1.29, 1.82) is 0 Å². The summed E-state index contributed by atoms with van der Waals surface area (Å²) in [5.41, 5.74) is 0.204. The summed E-state index contributed by atoms with van der Waals surface area (Å²) in [5, 5.41) is 7.56. The highest BCUT2D eigenvalue weighted by atomic mass is 16.6. The van der Waals surface area contributed by atoms with Crippen molar-refractivity contribution in [3.63, 3.8) is 0 Å². The van der Waals surface area contributed by atoms with Crippen LogP contribution in [0.25, 0.3) is 0 Å². The zero-order chi connectivity index (χ0) is 17.1. The highest BCUT2D eigenvalue weighted by Crippen LogP contribution is 2.34. The van der Waals surface area contributed by atoms with Gasteiger partial charge in [0.2, 0.25) is 0 Å². The lowest BCUT2D eigenvalue weighted by atomic mass is 9.99. The van der Waals surface area contributed by atoms with Gasteiger partial charge in [-0.25, -0.2) is 0 Å². The van der Waals surface area contributed by atoms with Crippen LogP contribution in [-0.2, 0) is 9.47 Å². The molecular formula is C18H26N4O3. The molecule has 0 N–H and O–H groups in total. The second-order valence-electron chi connectivity index (χ2n) is 7.38. The van der Waals surface area contributed by atoms with Crippen LogP contribution in [0.3, 0.4) is 0 Å². The van der Waals surface area contributed by atoms with Gasteiger partial charge in [0.05, 0.1) is 43.8 Å². The summed E-state index contributed by atoms with van der Waals surface area (Å²) < 4.78 is 12.3. The summed E-state index contributed by atoms with van der Waals surface area (Å²) in [7, 11) is 0. The molecule has 25 heavy (non-hydrogen) atoms. The highest BCUT2D eigenvalue weighted by molar-refractivity contribution is 5.93. The van der Waals surface area contributed by atoms with Crippen molar-refractivity contribution in [2.24, 2.45) is 0 Å². The number of carbonyl (C=O) groups is 1. The van der Waals surface area contributed by atoms with Crippen LogP contribution in [0, 0.1) is 0 Å². The smallest absolute Gasteiger partial charge is 0.255 e. The molecule has 3 saturated heterocycles. The first-order valence-corrected chi connectivity index (χ1v) is 9.28. The third-order valence-corrected chi connectivity index (χ3v) is 5.47. The van der Waals surface area contributed by atoms with E-state index < -0.39 is 0 Å². The molecule has 7 nitrogen and oxygen atoms in total. The second kappa shape index (κ2) is 7.35. The standard InChI is InChI=1S/C18H26N4O3/c23-17(15-4-6-19-20-11-15)22-9-10-24-14-18(13-22)5-3-16(25-18)12-21-7-1-2-8-21/h4,6,11,16H,1-3,5,7-10,12-14H2. The van der Waals surface area contributed by atoms with Crippen LogP contribution < -0.4 is 0 Å². The maximum Gasteiger partial charge on any atom is 0.255 e. The number of rotatable bonds is 3. The molecule has 2 atom stereocenters. The van der Waals surface area contributed by atoms with Gasteiger partial charge < -0.3 is 19.3 Å². The summed E-state index contributed by atoms with van der Waals surface area (Å²) in [5.74, 6) is -0.0219. The van der Waals surface area contributed by atoms with Gasteiger partial charge in [-0.2, -0.15) is 10.2 Å². The molecular weight excluding hydrogens is 320 g/mol. The van der Waals surface area contributed by atoms with E-state index in [2.05, 4.69) is 15.1 Å². The minimum absolute atomic E-state index is 0.0219. The van der Waals surface area contributed by atoms with Crippen LogP contribution in [0.2, 0.25) is 0 Å². The summed E-state index contributed by atoms with van der Waals surface area (Å²) in [6.45, 7) is 5.66. The van der Waals surface area contributed by atoms with Crippen LogP contribution in [0.15, 0.2) is 18.5 Å². The van der Waals surface area contributed by atoms with Gasteiger partial charge in [-0.1, -0.05) is 0 Å². The first kappa shape index (κ1) is 16.9. The maximum absolute atomic E-state index is 12.8. The Balaban J connectivity index is 1.42. The summed E-state index contributed by atoms with van der Waals surface area (Å²) in [6, 6.07) is 1.71. The number of carbonyl (C=O) groups excluding carboxylic acids is 1. The highest BCUT2D eigenvalue weighted by Gasteiger charge is 2.44. The third-order valence-electron chi connectivity index (χ3n) is 5.47. The Morgan fingerprint density at radius 3 is 2.96 bits per heavy atom. The molecule has 0 aromatic carbocycles. The predicted molar refractivity (Wildman–Crippen MR) is 91.3 cm³/mol. The Labute approximate surface area is 148 Å². The average Bonchev–Trinajstić information content (AvgIpc) is 3.23. The second-order valence-corrected chi connectivity index (χ2v) is 7.38. The van der Waals surface area contributed by atoms with Crippen LogP contribution in [0.5, 0.6) is 0 Å². The first-order chi connectivity index (χ1) is 12.2. The molecule has 3 aliphatic heterocycles. The molecule has 136 valence electrons. The minimum Gasteiger partial charge on any atom is -0.377 e. The molecule has 1 amide bonds. The number of amides is 1. The fraction of sp³-hybridized carbons (Fsp3) is 0.722. The van der Waals surface area contributed by atoms with Gasteiger partial charge >= 0.3 is 0 Å². The lowest BCUT2D eigenvalue weighted by molar-refractivity contribution is -0.0890. The Morgan fingerprint density at radius 1 is 1.28 bits per heavy atom. The molecule has 7 heteroatoms. The average molecular weight is 346 g/mol. The van der Waals surface area contributed by atoms with Crippen molar-refractivity contribution < 1.29 is 14.3 Å². The van der Waals surface area contributed by atoms with Gasteiger partial charge in [0.1, 0.15) is 5.60 Å². The molecule has 0 saturated carbocycles. The maximum atomic E-state index is 12.8. The normalized spacial score (nSPS) is 30.7. The number of ether oxygens (including phenoxy) is 2. The van der Waals surface area contributed by atoms with E-state index in [-0.39, 0.29) is 17.6 Å². The largest absolute Gasteiger partial charge is 0.377 e. The van der Waals surface area contributed by atoms with Gasteiger partial charge in [-0.05, 0) is 44.8 Å². The molecule has 4 heterocycles. The van der Waals surface area contributed by atoms with E-state index in [0.29, 0.717) is 31.9 Å². The minimum atomic E-state index is -0.364. The van der Waals surface area contributed by atoms with Crippen LogP contribution >= 0.6 is 0 Å².